The van der Waals surface area contributed by atoms with E-state index >= 15 is 0 Å². The van der Waals surface area contributed by atoms with Crippen LogP contribution < -0.4 is 26.5 Å². The molecule has 2 aliphatic rings. The van der Waals surface area contributed by atoms with Crippen LogP contribution >= 0.6 is 0 Å². The summed E-state index contributed by atoms with van der Waals surface area (Å²) in [5.74, 6) is 0.216. The molecule has 1 saturated heterocycles. The predicted molar refractivity (Wildman–Crippen MR) is 58.2 cm³/mol. The first kappa shape index (κ1) is 12.0. The molecule has 0 bridgehead atoms. The molecule has 16 heavy (non-hydrogen) atoms. The number of allylic oxidation sites excluding steroid dienone is 1. The zero-order chi connectivity index (χ0) is 11.9. The number of rotatable bonds is 3. The molecular formula is C11H16IN2O2-. The Balaban J connectivity index is 2.23. The van der Waals surface area contributed by atoms with Crippen LogP contribution in [0, 0.1) is 16.0 Å². The van der Waals surface area contributed by atoms with E-state index in [2.05, 4.69) is 12.2 Å². The van der Waals surface area contributed by atoms with Gasteiger partial charge < -0.3 is 0 Å². The topological polar surface area (TPSA) is 55.2 Å². The molecule has 90 valence electrons. The van der Waals surface area contributed by atoms with E-state index in [1.165, 1.54) is 4.43 Å². The number of nitrogens with one attached hydrogen (secondary N) is 1. The second-order valence-corrected chi connectivity index (χ2v) is 7.66. The Morgan fingerprint density at radius 2 is 2.19 bits per heavy atom. The summed E-state index contributed by atoms with van der Waals surface area (Å²) in [4.78, 5) is 10.6. The molecule has 1 aliphatic carbocycles. The molecule has 1 heterocycles. The molecule has 0 radical (unpaired) electrons. The number of nitro groups is 1. The Morgan fingerprint density at radius 1 is 1.56 bits per heavy atom. The Hall–Kier alpha value is -0.430. The molecule has 0 aromatic rings. The van der Waals surface area contributed by atoms with Crippen molar-refractivity contribution in [3.05, 3.63) is 33.0 Å². The molecule has 0 aromatic carbocycles. The third kappa shape index (κ3) is 2.29. The molecule has 1 fully saturated rings. The van der Waals surface area contributed by atoms with Gasteiger partial charge in [-0.25, -0.2) is 0 Å². The van der Waals surface area contributed by atoms with Gasteiger partial charge in [0.15, 0.2) is 0 Å². The van der Waals surface area contributed by atoms with Gasteiger partial charge in [0, 0.05) is 0 Å². The van der Waals surface area contributed by atoms with E-state index < -0.39 is 0 Å². The normalized spacial score (nSPS) is 34.2. The van der Waals surface area contributed by atoms with Gasteiger partial charge in [0.2, 0.25) is 0 Å². The molecule has 3 unspecified atom stereocenters. The van der Waals surface area contributed by atoms with E-state index in [1.54, 1.807) is 6.08 Å². The van der Waals surface area contributed by atoms with Gasteiger partial charge in [-0.05, 0) is 0 Å². The SMILES string of the molecule is CC1=C(C)C(NC2C[I-]2)C(C)C=C1[N+](=O)[O-]. The molecule has 0 spiro atoms. The molecule has 2 rings (SSSR count). The predicted octanol–water partition coefficient (Wildman–Crippen LogP) is -1.48. The summed E-state index contributed by atoms with van der Waals surface area (Å²) in [7, 11) is 0. The molecule has 1 aliphatic heterocycles. The number of alkyl halides is 2. The number of hydrogen-bond donors (Lipinski definition) is 1. The van der Waals surface area contributed by atoms with Crippen molar-refractivity contribution in [1.82, 2.24) is 5.32 Å². The van der Waals surface area contributed by atoms with Crippen LogP contribution in [-0.4, -0.2) is 19.4 Å². The standard InChI is InChI=1S/C11H16IN2O2/c1-6-4-9(14(15)16)7(2)8(3)11(6)13-10-5-12-10/h4,6,10-11,13H,5H2,1-3H3/q-1. The summed E-state index contributed by atoms with van der Waals surface area (Å²) >= 11 is 0.381. The molecule has 0 amide bonds. The van der Waals surface area contributed by atoms with Crippen LogP contribution in [0.5, 0.6) is 0 Å². The third-order valence-corrected chi connectivity index (χ3v) is 5.38. The number of halogens is 1. The van der Waals surface area contributed by atoms with Crippen molar-refractivity contribution in [2.45, 2.75) is 30.9 Å². The van der Waals surface area contributed by atoms with Crippen LogP contribution in [0.25, 0.3) is 0 Å². The summed E-state index contributed by atoms with van der Waals surface area (Å²) in [6.45, 7) is 5.92. The quantitative estimate of drug-likeness (QED) is 0.225. The Kier molecular flexibility index (Phi) is 3.34. The first-order valence-electron chi connectivity index (χ1n) is 5.38. The minimum absolute atomic E-state index is 0.216. The molecular weight excluding hydrogens is 319 g/mol. The number of nitrogens with zero attached hydrogens (tertiary/aromatic N) is 1. The first-order chi connectivity index (χ1) is 7.50. The van der Waals surface area contributed by atoms with Crippen molar-refractivity contribution in [1.29, 1.82) is 0 Å². The van der Waals surface area contributed by atoms with Crippen molar-refractivity contribution in [3.63, 3.8) is 0 Å². The Labute approximate surface area is 106 Å². The van der Waals surface area contributed by atoms with Crippen LogP contribution in [0.3, 0.4) is 0 Å². The molecule has 1 N–H and O–H groups in total. The summed E-state index contributed by atoms with van der Waals surface area (Å²) < 4.78 is 2.08. The van der Waals surface area contributed by atoms with E-state index in [0.29, 0.717) is 27.2 Å². The summed E-state index contributed by atoms with van der Waals surface area (Å²) in [6.07, 6.45) is 1.79. The second kappa shape index (κ2) is 4.44. The van der Waals surface area contributed by atoms with Crippen LogP contribution in [-0.2, 0) is 0 Å². The number of hydrogen-bond acceptors (Lipinski definition) is 3. The Morgan fingerprint density at radius 3 is 2.69 bits per heavy atom. The van der Waals surface area contributed by atoms with Crippen molar-refractivity contribution < 1.29 is 26.1 Å². The maximum absolute atomic E-state index is 10.9. The van der Waals surface area contributed by atoms with E-state index in [9.17, 15) is 10.1 Å². The molecule has 5 heteroatoms. The maximum atomic E-state index is 10.9. The van der Waals surface area contributed by atoms with E-state index in [4.69, 9.17) is 0 Å². The van der Waals surface area contributed by atoms with Gasteiger partial charge in [-0.2, -0.15) is 0 Å². The zero-order valence-electron chi connectivity index (χ0n) is 9.66. The molecule has 0 aromatic heterocycles. The van der Waals surface area contributed by atoms with Crippen LogP contribution in [0.15, 0.2) is 22.9 Å². The van der Waals surface area contributed by atoms with Crippen molar-refractivity contribution in [2.75, 3.05) is 4.43 Å². The van der Waals surface area contributed by atoms with Crippen molar-refractivity contribution in [2.24, 2.45) is 5.92 Å². The van der Waals surface area contributed by atoms with Gasteiger partial charge in [0.1, 0.15) is 0 Å². The monoisotopic (exact) mass is 335 g/mol. The minimum atomic E-state index is -0.268. The fraction of sp³-hybridized carbons (Fsp3) is 0.636. The molecule has 4 nitrogen and oxygen atoms in total. The van der Waals surface area contributed by atoms with Gasteiger partial charge in [0.25, 0.3) is 0 Å². The summed E-state index contributed by atoms with van der Waals surface area (Å²) in [5, 5.41) is 14.5. The van der Waals surface area contributed by atoms with Gasteiger partial charge in [-0.15, -0.1) is 0 Å². The van der Waals surface area contributed by atoms with E-state index in [0.717, 1.165) is 15.2 Å². The summed E-state index contributed by atoms with van der Waals surface area (Å²) in [5.41, 5.74) is 2.26. The molecule has 0 saturated carbocycles. The van der Waals surface area contributed by atoms with Crippen molar-refractivity contribution >= 4 is 0 Å². The molecule has 3 atom stereocenters. The zero-order valence-corrected chi connectivity index (χ0v) is 11.8. The van der Waals surface area contributed by atoms with E-state index in [-0.39, 0.29) is 16.5 Å². The fourth-order valence-corrected chi connectivity index (χ4v) is 3.25. The van der Waals surface area contributed by atoms with Gasteiger partial charge in [-0.1, -0.05) is 0 Å². The van der Waals surface area contributed by atoms with Crippen LogP contribution in [0.4, 0.5) is 0 Å². The van der Waals surface area contributed by atoms with Crippen molar-refractivity contribution in [3.8, 4) is 0 Å². The van der Waals surface area contributed by atoms with Crippen LogP contribution in [0.2, 0.25) is 0 Å². The summed E-state index contributed by atoms with van der Waals surface area (Å²) in [6, 6.07) is 0.302. The Bertz CT molecular complexity index is 385. The average molecular weight is 335 g/mol. The van der Waals surface area contributed by atoms with Gasteiger partial charge in [0.05, 0.1) is 0 Å². The van der Waals surface area contributed by atoms with E-state index in [1.807, 2.05) is 13.8 Å². The second-order valence-electron chi connectivity index (χ2n) is 4.40. The fourth-order valence-electron chi connectivity index (χ4n) is 2.10. The third-order valence-electron chi connectivity index (χ3n) is 3.25. The van der Waals surface area contributed by atoms with Gasteiger partial charge in [-0.3, -0.25) is 0 Å². The first-order valence-corrected chi connectivity index (χ1v) is 8.15. The van der Waals surface area contributed by atoms with Gasteiger partial charge >= 0.3 is 106 Å². The van der Waals surface area contributed by atoms with Crippen LogP contribution in [0.1, 0.15) is 20.8 Å². The average Bonchev–Trinajstić information content (AvgIpc) is 3.01.